The van der Waals surface area contributed by atoms with Crippen LogP contribution in [-0.4, -0.2) is 24.2 Å². The van der Waals surface area contributed by atoms with E-state index < -0.39 is 5.97 Å². The Morgan fingerprint density at radius 2 is 2.27 bits per heavy atom. The van der Waals surface area contributed by atoms with E-state index in [2.05, 4.69) is 4.74 Å². The molecule has 0 amide bonds. The van der Waals surface area contributed by atoms with Crippen LogP contribution in [0, 0.1) is 0 Å². The fourth-order valence-electron chi connectivity index (χ4n) is 0.929. The van der Waals surface area contributed by atoms with E-state index in [1.54, 1.807) is 18.2 Å². The minimum absolute atomic E-state index is 0.0224. The molecule has 15 heavy (non-hydrogen) atoms. The highest BCUT2D eigenvalue weighted by atomic mass is 32.1. The predicted molar refractivity (Wildman–Crippen MR) is 56.9 cm³/mol. The quantitative estimate of drug-likeness (QED) is 0.798. The Kier molecular flexibility index (Phi) is 4.05. The van der Waals surface area contributed by atoms with Crippen molar-refractivity contribution in [1.82, 2.24) is 0 Å². The van der Waals surface area contributed by atoms with Crippen LogP contribution in [0.25, 0.3) is 6.08 Å². The zero-order valence-electron chi connectivity index (χ0n) is 8.10. The van der Waals surface area contributed by atoms with Crippen LogP contribution in [0.1, 0.15) is 21.0 Å². The van der Waals surface area contributed by atoms with Gasteiger partial charge in [-0.15, -0.1) is 11.3 Å². The second-order valence-electron chi connectivity index (χ2n) is 2.69. The summed E-state index contributed by atoms with van der Waals surface area (Å²) in [5.41, 5.74) is 0. The van der Waals surface area contributed by atoms with Gasteiger partial charge in [-0.05, 0) is 18.2 Å². The first kappa shape index (κ1) is 11.5. The molecule has 0 radical (unpaired) electrons. The van der Waals surface area contributed by atoms with E-state index in [0.717, 1.165) is 4.88 Å². The molecule has 0 atom stereocenters. The third-order valence-corrected chi connectivity index (χ3v) is 2.62. The maximum Gasteiger partial charge on any atom is 0.348 e. The molecule has 1 rings (SSSR count). The van der Waals surface area contributed by atoms with Gasteiger partial charge in [-0.25, -0.2) is 4.79 Å². The molecule has 80 valence electrons. The van der Waals surface area contributed by atoms with Crippen molar-refractivity contribution in [2.75, 3.05) is 7.11 Å². The molecule has 1 aromatic heterocycles. The first-order valence-electron chi connectivity index (χ1n) is 4.20. The molecule has 0 saturated carbocycles. The summed E-state index contributed by atoms with van der Waals surface area (Å²) in [7, 11) is 1.32. The van der Waals surface area contributed by atoms with Crippen molar-refractivity contribution in [2.24, 2.45) is 0 Å². The highest BCUT2D eigenvalue weighted by Crippen LogP contribution is 2.18. The summed E-state index contributed by atoms with van der Waals surface area (Å²) in [6.07, 6.45) is 3.19. The number of methoxy groups -OCH3 is 1. The number of carboxylic acids is 1. The van der Waals surface area contributed by atoms with Gasteiger partial charge >= 0.3 is 11.9 Å². The lowest BCUT2D eigenvalue weighted by Crippen LogP contribution is -1.96. The van der Waals surface area contributed by atoms with E-state index >= 15 is 0 Å². The Bertz CT molecular complexity index is 392. The second kappa shape index (κ2) is 5.31. The van der Waals surface area contributed by atoms with Crippen molar-refractivity contribution >= 4 is 29.4 Å². The molecule has 1 heterocycles. The number of esters is 1. The molecule has 0 fully saturated rings. The molecule has 0 aliphatic heterocycles. The second-order valence-corrected chi connectivity index (χ2v) is 3.81. The summed E-state index contributed by atoms with van der Waals surface area (Å²) in [4.78, 5) is 22.6. The summed E-state index contributed by atoms with van der Waals surface area (Å²) in [5.74, 6) is -1.26. The molecular formula is C10H10O4S. The van der Waals surface area contributed by atoms with Crippen LogP contribution in [-0.2, 0) is 9.53 Å². The molecule has 1 N–H and O–H groups in total. The van der Waals surface area contributed by atoms with Crippen molar-refractivity contribution in [3.63, 3.8) is 0 Å². The molecule has 0 unspecified atom stereocenters. The molecule has 0 saturated heterocycles. The van der Waals surface area contributed by atoms with Gasteiger partial charge in [-0.2, -0.15) is 0 Å². The fraction of sp³-hybridized carbons (Fsp3) is 0.200. The largest absolute Gasteiger partial charge is 0.481 e. The number of ether oxygens (including phenoxy) is 1. The Labute approximate surface area is 90.8 Å². The Morgan fingerprint density at radius 3 is 2.87 bits per heavy atom. The summed E-state index contributed by atoms with van der Waals surface area (Å²) in [5, 5.41) is 8.40. The molecule has 4 nitrogen and oxygen atoms in total. The first-order chi connectivity index (χ1) is 7.13. The minimum atomic E-state index is -0.879. The van der Waals surface area contributed by atoms with Gasteiger partial charge in [-0.3, -0.25) is 4.79 Å². The molecule has 0 spiro atoms. The normalized spacial score (nSPS) is 10.5. The smallest absolute Gasteiger partial charge is 0.348 e. The van der Waals surface area contributed by atoms with E-state index in [4.69, 9.17) is 5.11 Å². The summed E-state index contributed by atoms with van der Waals surface area (Å²) in [6, 6.07) is 3.40. The van der Waals surface area contributed by atoms with Crippen LogP contribution in [0.5, 0.6) is 0 Å². The van der Waals surface area contributed by atoms with Crippen LogP contribution in [0.3, 0.4) is 0 Å². The van der Waals surface area contributed by atoms with Crippen molar-refractivity contribution in [3.8, 4) is 0 Å². The summed E-state index contributed by atoms with van der Waals surface area (Å²) < 4.78 is 4.55. The monoisotopic (exact) mass is 226 g/mol. The third kappa shape index (κ3) is 3.55. The van der Waals surface area contributed by atoms with Crippen molar-refractivity contribution in [3.05, 3.63) is 28.0 Å². The van der Waals surface area contributed by atoms with E-state index in [9.17, 15) is 9.59 Å². The number of carbonyl (C=O) groups is 2. The summed E-state index contributed by atoms with van der Waals surface area (Å²) >= 11 is 1.26. The Hall–Kier alpha value is -1.62. The minimum Gasteiger partial charge on any atom is -0.481 e. The molecule has 0 aromatic carbocycles. The molecular weight excluding hydrogens is 216 g/mol. The Morgan fingerprint density at radius 1 is 1.53 bits per heavy atom. The van der Waals surface area contributed by atoms with Gasteiger partial charge in [-0.1, -0.05) is 6.08 Å². The zero-order valence-corrected chi connectivity index (χ0v) is 8.91. The van der Waals surface area contributed by atoms with E-state index in [0.29, 0.717) is 4.88 Å². The molecule has 0 aliphatic carbocycles. The number of carbonyl (C=O) groups excluding carboxylic acids is 1. The highest BCUT2D eigenvalue weighted by Gasteiger charge is 2.07. The van der Waals surface area contributed by atoms with Crippen LogP contribution in [0.15, 0.2) is 18.2 Å². The maximum atomic E-state index is 11.1. The topological polar surface area (TPSA) is 63.6 Å². The van der Waals surface area contributed by atoms with Gasteiger partial charge in [0.05, 0.1) is 13.5 Å². The average molecular weight is 226 g/mol. The van der Waals surface area contributed by atoms with Gasteiger partial charge in [0.1, 0.15) is 4.88 Å². The van der Waals surface area contributed by atoms with Gasteiger partial charge < -0.3 is 9.84 Å². The molecule has 5 heteroatoms. The number of aliphatic carboxylic acids is 1. The summed E-state index contributed by atoms with van der Waals surface area (Å²) in [6.45, 7) is 0. The van der Waals surface area contributed by atoms with Crippen LogP contribution in [0.2, 0.25) is 0 Å². The molecule has 0 bridgehead atoms. The molecule has 1 aromatic rings. The van der Waals surface area contributed by atoms with E-state index in [1.807, 2.05) is 0 Å². The lowest BCUT2D eigenvalue weighted by Gasteiger charge is -1.91. The number of hydrogen-bond donors (Lipinski definition) is 1. The zero-order chi connectivity index (χ0) is 11.3. The van der Waals surface area contributed by atoms with Gasteiger partial charge in [0.15, 0.2) is 0 Å². The average Bonchev–Trinajstić information content (AvgIpc) is 2.65. The predicted octanol–water partition coefficient (Wildman–Crippen LogP) is 2.02. The van der Waals surface area contributed by atoms with Gasteiger partial charge in [0.25, 0.3) is 0 Å². The maximum absolute atomic E-state index is 11.1. The molecule has 0 aliphatic rings. The fourth-order valence-corrected chi connectivity index (χ4v) is 1.79. The number of carboxylic acid groups (broad SMARTS) is 1. The van der Waals surface area contributed by atoms with Crippen molar-refractivity contribution in [2.45, 2.75) is 6.42 Å². The lowest BCUT2D eigenvalue weighted by atomic mass is 10.3. The Balaban J connectivity index is 2.64. The first-order valence-corrected chi connectivity index (χ1v) is 5.01. The van der Waals surface area contributed by atoms with Crippen molar-refractivity contribution in [1.29, 1.82) is 0 Å². The van der Waals surface area contributed by atoms with Gasteiger partial charge in [0.2, 0.25) is 0 Å². The SMILES string of the molecule is COC(=O)c1ccc(C=CCC(=O)O)s1. The third-order valence-electron chi connectivity index (χ3n) is 1.59. The van der Waals surface area contributed by atoms with Crippen LogP contribution in [0.4, 0.5) is 0 Å². The standard InChI is InChI=1S/C10H10O4S/c1-14-10(13)8-6-5-7(15-8)3-2-4-9(11)12/h2-3,5-6H,4H2,1H3,(H,11,12). The van der Waals surface area contributed by atoms with Crippen LogP contribution >= 0.6 is 11.3 Å². The van der Waals surface area contributed by atoms with E-state index in [1.165, 1.54) is 24.5 Å². The van der Waals surface area contributed by atoms with Gasteiger partial charge in [0, 0.05) is 4.88 Å². The lowest BCUT2D eigenvalue weighted by molar-refractivity contribution is -0.135. The highest BCUT2D eigenvalue weighted by molar-refractivity contribution is 7.14. The van der Waals surface area contributed by atoms with E-state index in [-0.39, 0.29) is 12.4 Å². The van der Waals surface area contributed by atoms with Crippen molar-refractivity contribution < 1.29 is 19.4 Å². The van der Waals surface area contributed by atoms with Crippen LogP contribution < -0.4 is 0 Å². The number of rotatable bonds is 4. The number of thiophene rings is 1. The number of hydrogen-bond acceptors (Lipinski definition) is 4.